The second-order valence-corrected chi connectivity index (χ2v) is 3.75. The highest BCUT2D eigenvalue weighted by atomic mass is 16.5. The van der Waals surface area contributed by atoms with Crippen molar-refractivity contribution in [2.24, 2.45) is 0 Å². The Morgan fingerprint density at radius 2 is 1.94 bits per heavy atom. The number of hydrogen-bond donors (Lipinski definition) is 4. The van der Waals surface area contributed by atoms with E-state index >= 15 is 0 Å². The van der Waals surface area contributed by atoms with Crippen LogP contribution in [0.15, 0.2) is 18.2 Å². The molecule has 0 aliphatic heterocycles. The molecule has 0 spiro atoms. The summed E-state index contributed by atoms with van der Waals surface area (Å²) in [6.45, 7) is -0.344. The Labute approximate surface area is 99.9 Å². The zero-order chi connectivity index (χ0) is 12.8. The molecule has 0 aliphatic carbocycles. The summed E-state index contributed by atoms with van der Waals surface area (Å²) in [6, 6.07) is 4.80. The Kier molecular flexibility index (Phi) is 5.37. The Hall–Kier alpha value is -1.14. The van der Waals surface area contributed by atoms with Crippen LogP contribution in [0, 0.1) is 0 Å². The van der Waals surface area contributed by atoms with E-state index in [1.54, 1.807) is 18.2 Å². The van der Waals surface area contributed by atoms with Gasteiger partial charge in [-0.3, -0.25) is 0 Å². The Morgan fingerprint density at radius 3 is 2.47 bits per heavy atom. The van der Waals surface area contributed by atoms with Gasteiger partial charge in [-0.05, 0) is 18.1 Å². The van der Waals surface area contributed by atoms with Crippen LogP contribution in [0.2, 0.25) is 0 Å². The second-order valence-electron chi connectivity index (χ2n) is 3.75. The maximum atomic E-state index is 9.82. The molecule has 0 bridgehead atoms. The number of hydrogen-bond acceptors (Lipinski definition) is 5. The van der Waals surface area contributed by atoms with Gasteiger partial charge >= 0.3 is 0 Å². The molecule has 2 atom stereocenters. The fraction of sp³-hybridized carbons (Fsp3) is 0.500. The number of ether oxygens (including phenoxy) is 1. The van der Waals surface area contributed by atoms with E-state index in [2.05, 4.69) is 0 Å². The van der Waals surface area contributed by atoms with Gasteiger partial charge in [0.2, 0.25) is 0 Å². The summed E-state index contributed by atoms with van der Waals surface area (Å²) in [7, 11) is 1.47. The standard InChI is InChI=1S/C12H18O5/c1-17-11-6-8(2-3-9(11)7-14)12(16)10(15)4-5-13/h2-3,6,10,12-16H,4-5,7H2,1H3. The number of benzene rings is 1. The third-order valence-electron chi connectivity index (χ3n) is 2.61. The van der Waals surface area contributed by atoms with Gasteiger partial charge < -0.3 is 25.2 Å². The average Bonchev–Trinajstić information content (AvgIpc) is 2.37. The van der Waals surface area contributed by atoms with E-state index in [0.29, 0.717) is 16.9 Å². The highest BCUT2D eigenvalue weighted by Crippen LogP contribution is 2.26. The van der Waals surface area contributed by atoms with Gasteiger partial charge in [-0.1, -0.05) is 12.1 Å². The van der Waals surface area contributed by atoms with Crippen molar-refractivity contribution in [2.75, 3.05) is 13.7 Å². The number of aliphatic hydroxyl groups excluding tert-OH is 4. The lowest BCUT2D eigenvalue weighted by Gasteiger charge is -2.18. The summed E-state index contributed by atoms with van der Waals surface area (Å²) in [4.78, 5) is 0. The second kappa shape index (κ2) is 6.56. The number of rotatable bonds is 6. The Bertz CT molecular complexity index is 353. The van der Waals surface area contributed by atoms with Gasteiger partial charge in [0.1, 0.15) is 11.9 Å². The Morgan fingerprint density at radius 1 is 1.24 bits per heavy atom. The normalized spacial score (nSPS) is 14.4. The molecule has 0 radical (unpaired) electrons. The first kappa shape index (κ1) is 13.9. The summed E-state index contributed by atoms with van der Waals surface area (Å²) in [5.74, 6) is 0.459. The zero-order valence-corrected chi connectivity index (χ0v) is 9.71. The third kappa shape index (κ3) is 3.41. The van der Waals surface area contributed by atoms with Crippen LogP contribution in [0.4, 0.5) is 0 Å². The monoisotopic (exact) mass is 242 g/mol. The smallest absolute Gasteiger partial charge is 0.124 e. The van der Waals surface area contributed by atoms with E-state index in [0.717, 1.165) is 0 Å². The molecule has 0 aliphatic rings. The molecule has 0 saturated heterocycles. The summed E-state index contributed by atoms with van der Waals surface area (Å²) < 4.78 is 5.06. The molecule has 1 rings (SSSR count). The third-order valence-corrected chi connectivity index (χ3v) is 2.61. The molecule has 2 unspecified atom stereocenters. The van der Waals surface area contributed by atoms with Gasteiger partial charge in [0, 0.05) is 12.2 Å². The summed E-state index contributed by atoms with van der Waals surface area (Å²) in [5.41, 5.74) is 1.10. The number of methoxy groups -OCH3 is 1. The molecule has 0 fully saturated rings. The summed E-state index contributed by atoms with van der Waals surface area (Å²) in [5, 5.41) is 37.1. The first-order chi connectivity index (χ1) is 8.13. The molecule has 1 aromatic rings. The molecule has 0 saturated carbocycles. The molecule has 1 aromatic carbocycles. The number of aliphatic hydroxyl groups is 4. The van der Waals surface area contributed by atoms with E-state index < -0.39 is 12.2 Å². The van der Waals surface area contributed by atoms with Gasteiger partial charge in [0.15, 0.2) is 0 Å². The van der Waals surface area contributed by atoms with Crippen LogP contribution in [0.25, 0.3) is 0 Å². The topological polar surface area (TPSA) is 90.2 Å². The molecule has 96 valence electrons. The van der Waals surface area contributed by atoms with Crippen LogP contribution in [0.1, 0.15) is 23.7 Å². The van der Waals surface area contributed by atoms with Crippen molar-refractivity contribution < 1.29 is 25.2 Å². The minimum atomic E-state index is -1.08. The molecule has 5 nitrogen and oxygen atoms in total. The van der Waals surface area contributed by atoms with Crippen molar-refractivity contribution >= 4 is 0 Å². The largest absolute Gasteiger partial charge is 0.496 e. The van der Waals surface area contributed by atoms with Crippen LogP contribution < -0.4 is 4.74 Å². The van der Waals surface area contributed by atoms with Crippen LogP contribution >= 0.6 is 0 Å². The van der Waals surface area contributed by atoms with Gasteiger partial charge in [-0.25, -0.2) is 0 Å². The van der Waals surface area contributed by atoms with E-state index in [1.165, 1.54) is 7.11 Å². The van der Waals surface area contributed by atoms with Gasteiger partial charge in [0.05, 0.1) is 19.8 Å². The average molecular weight is 242 g/mol. The predicted octanol–water partition coefficient (Wildman–Crippen LogP) is -0.0358. The van der Waals surface area contributed by atoms with Crippen molar-refractivity contribution in [3.63, 3.8) is 0 Å². The lowest BCUT2D eigenvalue weighted by Crippen LogP contribution is -2.19. The SMILES string of the molecule is COc1cc(C(O)C(O)CCO)ccc1CO. The van der Waals surface area contributed by atoms with Crippen LogP contribution in [0.3, 0.4) is 0 Å². The highest BCUT2D eigenvalue weighted by Gasteiger charge is 2.19. The fourth-order valence-corrected chi connectivity index (χ4v) is 1.59. The molecule has 0 amide bonds. The Balaban J connectivity index is 2.91. The first-order valence-electron chi connectivity index (χ1n) is 5.38. The maximum Gasteiger partial charge on any atom is 0.124 e. The van der Waals surface area contributed by atoms with Crippen molar-refractivity contribution in [3.8, 4) is 5.75 Å². The van der Waals surface area contributed by atoms with Crippen molar-refractivity contribution in [2.45, 2.75) is 25.2 Å². The molecular formula is C12H18O5. The van der Waals surface area contributed by atoms with E-state index in [-0.39, 0.29) is 19.6 Å². The lowest BCUT2D eigenvalue weighted by molar-refractivity contribution is 0.00411. The molecule has 0 aromatic heterocycles. The zero-order valence-electron chi connectivity index (χ0n) is 9.71. The fourth-order valence-electron chi connectivity index (χ4n) is 1.59. The van der Waals surface area contributed by atoms with Crippen molar-refractivity contribution in [1.82, 2.24) is 0 Å². The minimum Gasteiger partial charge on any atom is -0.496 e. The summed E-state index contributed by atoms with van der Waals surface area (Å²) in [6.07, 6.45) is -2.00. The van der Waals surface area contributed by atoms with E-state index in [4.69, 9.17) is 14.9 Å². The van der Waals surface area contributed by atoms with Crippen LogP contribution in [-0.2, 0) is 6.61 Å². The van der Waals surface area contributed by atoms with Crippen molar-refractivity contribution in [1.29, 1.82) is 0 Å². The molecular weight excluding hydrogens is 224 g/mol. The lowest BCUT2D eigenvalue weighted by atomic mass is 10.0. The first-order valence-corrected chi connectivity index (χ1v) is 5.38. The highest BCUT2D eigenvalue weighted by molar-refractivity contribution is 5.38. The van der Waals surface area contributed by atoms with Crippen LogP contribution in [-0.4, -0.2) is 40.2 Å². The minimum absolute atomic E-state index is 0.102. The summed E-state index contributed by atoms with van der Waals surface area (Å²) >= 11 is 0. The molecule has 5 heteroatoms. The van der Waals surface area contributed by atoms with E-state index in [1.807, 2.05) is 0 Å². The van der Waals surface area contributed by atoms with Crippen molar-refractivity contribution in [3.05, 3.63) is 29.3 Å². The molecule has 0 heterocycles. The predicted molar refractivity (Wildman–Crippen MR) is 61.6 cm³/mol. The van der Waals surface area contributed by atoms with Gasteiger partial charge in [0.25, 0.3) is 0 Å². The van der Waals surface area contributed by atoms with Gasteiger partial charge in [-0.2, -0.15) is 0 Å². The van der Waals surface area contributed by atoms with Gasteiger partial charge in [-0.15, -0.1) is 0 Å². The maximum absolute atomic E-state index is 9.82. The van der Waals surface area contributed by atoms with Crippen LogP contribution in [0.5, 0.6) is 5.75 Å². The quantitative estimate of drug-likeness (QED) is 0.562. The molecule has 17 heavy (non-hydrogen) atoms. The van der Waals surface area contributed by atoms with E-state index in [9.17, 15) is 10.2 Å². The molecule has 4 N–H and O–H groups in total.